The SMILES string of the molecule is Cc1cc([C@@H](C)OC[C@@]2(c3ccccc3)CCC(=O)CN2C(=O)OCc2ccccc2)cc(C(F)(F)F)c1. The molecule has 8 heteroatoms. The Labute approximate surface area is 220 Å². The number of benzene rings is 3. The lowest BCUT2D eigenvalue weighted by molar-refractivity contribution is -0.137. The number of piperidine rings is 1. The lowest BCUT2D eigenvalue weighted by Crippen LogP contribution is -2.57. The molecule has 0 aromatic heterocycles. The van der Waals surface area contributed by atoms with Crippen LogP contribution < -0.4 is 0 Å². The summed E-state index contributed by atoms with van der Waals surface area (Å²) < 4.78 is 52.0. The Morgan fingerprint density at radius 1 is 1.03 bits per heavy atom. The predicted octanol–water partition coefficient (Wildman–Crippen LogP) is 6.99. The Bertz CT molecular complexity index is 1260. The average molecular weight is 526 g/mol. The van der Waals surface area contributed by atoms with E-state index in [0.717, 1.165) is 23.3 Å². The largest absolute Gasteiger partial charge is 0.445 e. The molecular formula is C30H30F3NO4. The summed E-state index contributed by atoms with van der Waals surface area (Å²) in [5.41, 5.74) is 0.641. The second-order valence-electron chi connectivity index (χ2n) is 9.65. The van der Waals surface area contributed by atoms with Gasteiger partial charge in [0.25, 0.3) is 0 Å². The normalized spacial score (nSPS) is 18.8. The van der Waals surface area contributed by atoms with Gasteiger partial charge in [-0.15, -0.1) is 0 Å². The summed E-state index contributed by atoms with van der Waals surface area (Å²) in [7, 11) is 0. The summed E-state index contributed by atoms with van der Waals surface area (Å²) in [5, 5.41) is 0. The van der Waals surface area contributed by atoms with Crippen LogP contribution in [0, 0.1) is 6.92 Å². The minimum Gasteiger partial charge on any atom is -0.445 e. The molecule has 0 N–H and O–H groups in total. The molecular weight excluding hydrogens is 495 g/mol. The molecule has 5 nitrogen and oxygen atoms in total. The van der Waals surface area contributed by atoms with E-state index in [0.29, 0.717) is 17.5 Å². The molecule has 1 aliphatic heterocycles. The van der Waals surface area contributed by atoms with E-state index < -0.39 is 29.5 Å². The van der Waals surface area contributed by atoms with E-state index in [4.69, 9.17) is 9.47 Å². The molecule has 0 aliphatic carbocycles. The third-order valence-electron chi connectivity index (χ3n) is 6.87. The Morgan fingerprint density at radius 3 is 2.34 bits per heavy atom. The maximum absolute atomic E-state index is 13.4. The molecule has 0 bridgehead atoms. The minimum atomic E-state index is -4.48. The van der Waals surface area contributed by atoms with E-state index in [1.165, 1.54) is 4.90 Å². The highest BCUT2D eigenvalue weighted by Gasteiger charge is 2.47. The number of hydrogen-bond acceptors (Lipinski definition) is 4. The number of hydrogen-bond donors (Lipinski definition) is 0. The van der Waals surface area contributed by atoms with E-state index in [9.17, 15) is 22.8 Å². The van der Waals surface area contributed by atoms with E-state index in [1.807, 2.05) is 60.7 Å². The van der Waals surface area contributed by atoms with E-state index in [1.54, 1.807) is 19.9 Å². The molecule has 4 rings (SSSR count). The summed E-state index contributed by atoms with van der Waals surface area (Å²) >= 11 is 0. The molecule has 0 saturated carbocycles. The highest BCUT2D eigenvalue weighted by molar-refractivity contribution is 5.86. The Hall–Kier alpha value is -3.65. The molecule has 0 unspecified atom stereocenters. The third-order valence-corrected chi connectivity index (χ3v) is 6.87. The van der Waals surface area contributed by atoms with Crippen molar-refractivity contribution in [1.82, 2.24) is 4.90 Å². The van der Waals surface area contributed by atoms with Crippen molar-refractivity contribution in [2.75, 3.05) is 13.2 Å². The molecule has 0 spiro atoms. The number of Topliss-reactive ketones (excluding diaryl/α,β-unsaturated/α-hetero) is 1. The van der Waals surface area contributed by atoms with Gasteiger partial charge >= 0.3 is 12.3 Å². The number of ether oxygens (including phenoxy) is 2. The highest BCUT2D eigenvalue weighted by atomic mass is 19.4. The Kier molecular flexibility index (Phi) is 8.21. The molecule has 3 aromatic rings. The summed E-state index contributed by atoms with van der Waals surface area (Å²) in [6, 6.07) is 22.3. The summed E-state index contributed by atoms with van der Waals surface area (Å²) in [6.07, 6.45) is -5.30. The van der Waals surface area contributed by atoms with Gasteiger partial charge in [-0.3, -0.25) is 9.69 Å². The van der Waals surface area contributed by atoms with E-state index in [2.05, 4.69) is 0 Å². The van der Waals surface area contributed by atoms with Gasteiger partial charge in [0.05, 0.1) is 30.4 Å². The maximum Gasteiger partial charge on any atom is 0.416 e. The molecule has 1 heterocycles. The number of halogens is 3. The fraction of sp³-hybridized carbons (Fsp3) is 0.333. The van der Waals surface area contributed by atoms with Crippen LogP contribution in [0.2, 0.25) is 0 Å². The number of likely N-dealkylation sites (tertiary alicyclic amines) is 1. The third kappa shape index (κ3) is 6.25. The van der Waals surface area contributed by atoms with Gasteiger partial charge in [-0.05, 0) is 49.1 Å². The smallest absolute Gasteiger partial charge is 0.416 e. The van der Waals surface area contributed by atoms with Gasteiger partial charge < -0.3 is 9.47 Å². The van der Waals surface area contributed by atoms with Crippen LogP contribution in [-0.4, -0.2) is 29.9 Å². The van der Waals surface area contributed by atoms with Crippen molar-refractivity contribution in [2.24, 2.45) is 0 Å². The monoisotopic (exact) mass is 525 g/mol. The lowest BCUT2D eigenvalue weighted by Gasteiger charge is -2.46. The topological polar surface area (TPSA) is 55.8 Å². The van der Waals surface area contributed by atoms with Crippen molar-refractivity contribution in [2.45, 2.75) is 51.1 Å². The molecule has 1 amide bonds. The van der Waals surface area contributed by atoms with Crippen LogP contribution in [-0.2, 0) is 32.6 Å². The lowest BCUT2D eigenvalue weighted by atomic mass is 9.80. The second kappa shape index (κ2) is 11.4. The zero-order valence-corrected chi connectivity index (χ0v) is 21.3. The minimum absolute atomic E-state index is 0.0266. The van der Waals surface area contributed by atoms with Crippen LogP contribution >= 0.6 is 0 Å². The average Bonchev–Trinajstić information content (AvgIpc) is 2.91. The summed E-state index contributed by atoms with van der Waals surface area (Å²) in [4.78, 5) is 27.3. The Balaban J connectivity index is 1.62. The number of carbonyl (C=O) groups is 2. The van der Waals surface area contributed by atoms with Crippen LogP contribution in [0.25, 0.3) is 0 Å². The quantitative estimate of drug-likeness (QED) is 0.334. The van der Waals surface area contributed by atoms with Crippen molar-refractivity contribution in [1.29, 1.82) is 0 Å². The molecule has 2 atom stereocenters. The molecule has 1 aliphatic rings. The van der Waals surface area contributed by atoms with Crippen molar-refractivity contribution >= 4 is 11.9 Å². The van der Waals surface area contributed by atoms with Crippen molar-refractivity contribution in [3.8, 4) is 0 Å². The zero-order valence-electron chi connectivity index (χ0n) is 21.3. The summed E-state index contributed by atoms with van der Waals surface area (Å²) in [6.45, 7) is 3.15. The number of alkyl halides is 3. The molecule has 1 fully saturated rings. The van der Waals surface area contributed by atoms with Crippen LogP contribution in [0.3, 0.4) is 0 Å². The first-order valence-electron chi connectivity index (χ1n) is 12.4. The van der Waals surface area contributed by atoms with Gasteiger partial charge in [0, 0.05) is 6.42 Å². The number of amides is 1. The van der Waals surface area contributed by atoms with Crippen LogP contribution in [0.15, 0.2) is 78.9 Å². The van der Waals surface area contributed by atoms with Crippen molar-refractivity contribution in [3.05, 3.63) is 107 Å². The first kappa shape index (κ1) is 27.4. The standard InChI is InChI=1S/C30H30F3NO4/c1-21-15-24(17-26(16-21)30(31,32)33)22(2)38-20-29(25-11-7-4-8-12-25)14-13-27(35)18-34(29)28(36)37-19-23-9-5-3-6-10-23/h3-12,15-17,22H,13-14,18-20H2,1-2H3/t22-,29-/m1/s1. The maximum atomic E-state index is 13.4. The number of rotatable bonds is 7. The predicted molar refractivity (Wildman–Crippen MR) is 136 cm³/mol. The number of carbonyl (C=O) groups excluding carboxylic acids is 2. The number of nitrogens with zero attached hydrogens (tertiary/aromatic N) is 1. The van der Waals surface area contributed by atoms with Gasteiger partial charge in [0.1, 0.15) is 6.61 Å². The van der Waals surface area contributed by atoms with Crippen LogP contribution in [0.1, 0.15) is 53.7 Å². The van der Waals surface area contributed by atoms with Gasteiger partial charge in [0.2, 0.25) is 0 Å². The highest BCUT2D eigenvalue weighted by Crippen LogP contribution is 2.40. The summed E-state index contributed by atoms with van der Waals surface area (Å²) in [5.74, 6) is -0.102. The molecule has 1 saturated heterocycles. The van der Waals surface area contributed by atoms with Crippen molar-refractivity contribution < 1.29 is 32.2 Å². The van der Waals surface area contributed by atoms with Crippen LogP contribution in [0.5, 0.6) is 0 Å². The number of aryl methyl sites for hydroxylation is 1. The molecule has 0 radical (unpaired) electrons. The molecule has 3 aromatic carbocycles. The molecule has 38 heavy (non-hydrogen) atoms. The van der Waals surface area contributed by atoms with Gasteiger partial charge in [-0.2, -0.15) is 13.2 Å². The van der Waals surface area contributed by atoms with Crippen LogP contribution in [0.4, 0.5) is 18.0 Å². The van der Waals surface area contributed by atoms with E-state index in [-0.39, 0.29) is 32.0 Å². The van der Waals surface area contributed by atoms with Crippen molar-refractivity contribution in [3.63, 3.8) is 0 Å². The first-order chi connectivity index (χ1) is 18.1. The van der Waals surface area contributed by atoms with Gasteiger partial charge in [-0.25, -0.2) is 4.79 Å². The number of ketones is 1. The van der Waals surface area contributed by atoms with E-state index >= 15 is 0 Å². The zero-order chi connectivity index (χ0) is 27.3. The van der Waals surface area contributed by atoms with Gasteiger partial charge in [0.15, 0.2) is 5.78 Å². The fourth-order valence-corrected chi connectivity index (χ4v) is 4.78. The fourth-order valence-electron chi connectivity index (χ4n) is 4.78. The van der Waals surface area contributed by atoms with Gasteiger partial charge in [-0.1, -0.05) is 72.3 Å². The first-order valence-corrected chi connectivity index (χ1v) is 12.4. The Morgan fingerprint density at radius 2 is 1.68 bits per heavy atom. The molecule has 200 valence electrons. The second-order valence-corrected chi connectivity index (χ2v) is 9.65.